The Bertz CT molecular complexity index is 410. The SMILES string of the molecule is CCC(N)(C#N)CCCN(C)c1ccc(F)cc1. The second-order valence-electron chi connectivity index (χ2n) is 4.62. The Morgan fingerprint density at radius 2 is 2.00 bits per heavy atom. The first-order valence-corrected chi connectivity index (χ1v) is 6.17. The summed E-state index contributed by atoms with van der Waals surface area (Å²) in [5.41, 5.74) is 6.16. The highest BCUT2D eigenvalue weighted by atomic mass is 19.1. The van der Waals surface area contributed by atoms with Gasteiger partial charge in [-0.25, -0.2) is 4.39 Å². The van der Waals surface area contributed by atoms with E-state index in [1.807, 2.05) is 18.9 Å². The van der Waals surface area contributed by atoms with Gasteiger partial charge in [0, 0.05) is 19.3 Å². The fourth-order valence-electron chi connectivity index (χ4n) is 1.77. The van der Waals surface area contributed by atoms with E-state index in [1.54, 1.807) is 12.1 Å². The van der Waals surface area contributed by atoms with E-state index in [0.29, 0.717) is 12.8 Å². The molecule has 0 saturated carbocycles. The highest BCUT2D eigenvalue weighted by Crippen LogP contribution is 2.16. The number of rotatable bonds is 6. The molecule has 0 saturated heterocycles. The second-order valence-corrected chi connectivity index (χ2v) is 4.62. The van der Waals surface area contributed by atoms with E-state index in [2.05, 4.69) is 6.07 Å². The summed E-state index contributed by atoms with van der Waals surface area (Å²) in [6, 6.07) is 8.54. The van der Waals surface area contributed by atoms with Gasteiger partial charge >= 0.3 is 0 Å². The van der Waals surface area contributed by atoms with Crippen molar-refractivity contribution in [2.75, 3.05) is 18.5 Å². The summed E-state index contributed by atoms with van der Waals surface area (Å²) in [6.45, 7) is 2.72. The smallest absolute Gasteiger partial charge is 0.123 e. The molecule has 3 nitrogen and oxygen atoms in total. The molecule has 1 rings (SSSR count). The van der Waals surface area contributed by atoms with Crippen molar-refractivity contribution in [3.63, 3.8) is 0 Å². The molecule has 0 spiro atoms. The highest BCUT2D eigenvalue weighted by Gasteiger charge is 2.21. The van der Waals surface area contributed by atoms with Crippen molar-refractivity contribution in [1.82, 2.24) is 0 Å². The number of nitrogens with zero attached hydrogens (tertiary/aromatic N) is 2. The standard InChI is InChI=1S/C14H20FN3/c1-3-14(17,11-16)9-4-10-18(2)13-7-5-12(15)6-8-13/h5-8H,3-4,9-10,17H2,1-2H3. The summed E-state index contributed by atoms with van der Waals surface area (Å²) >= 11 is 0. The van der Waals surface area contributed by atoms with Crippen molar-refractivity contribution >= 4 is 5.69 Å². The average molecular weight is 249 g/mol. The maximum Gasteiger partial charge on any atom is 0.123 e. The molecule has 98 valence electrons. The zero-order valence-corrected chi connectivity index (χ0v) is 11.0. The summed E-state index contributed by atoms with van der Waals surface area (Å²) < 4.78 is 12.8. The molecule has 1 aromatic carbocycles. The van der Waals surface area contributed by atoms with Gasteiger partial charge in [0.1, 0.15) is 11.4 Å². The molecule has 0 amide bonds. The first-order chi connectivity index (χ1) is 8.50. The van der Waals surface area contributed by atoms with Crippen LogP contribution in [0.3, 0.4) is 0 Å². The minimum absolute atomic E-state index is 0.233. The summed E-state index contributed by atoms with van der Waals surface area (Å²) in [4.78, 5) is 2.03. The van der Waals surface area contributed by atoms with E-state index < -0.39 is 5.54 Å². The van der Waals surface area contributed by atoms with Crippen LogP contribution in [0, 0.1) is 17.1 Å². The van der Waals surface area contributed by atoms with Crippen molar-refractivity contribution in [3.05, 3.63) is 30.1 Å². The summed E-state index contributed by atoms with van der Waals surface area (Å²) in [5, 5.41) is 8.97. The number of benzene rings is 1. The molecule has 18 heavy (non-hydrogen) atoms. The van der Waals surface area contributed by atoms with Gasteiger partial charge in [0.15, 0.2) is 0 Å². The summed E-state index contributed by atoms with van der Waals surface area (Å²) in [7, 11) is 1.95. The molecule has 1 aromatic rings. The monoisotopic (exact) mass is 249 g/mol. The van der Waals surface area contributed by atoms with E-state index in [0.717, 1.165) is 18.7 Å². The fraction of sp³-hybridized carbons (Fsp3) is 0.500. The second kappa shape index (κ2) is 6.36. The summed E-state index contributed by atoms with van der Waals surface area (Å²) in [5.74, 6) is -0.233. The Morgan fingerprint density at radius 1 is 1.39 bits per heavy atom. The van der Waals surface area contributed by atoms with Gasteiger partial charge < -0.3 is 10.6 Å². The van der Waals surface area contributed by atoms with Gasteiger partial charge in [-0.1, -0.05) is 6.92 Å². The van der Waals surface area contributed by atoms with Crippen LogP contribution < -0.4 is 10.6 Å². The lowest BCUT2D eigenvalue weighted by molar-refractivity contribution is 0.467. The van der Waals surface area contributed by atoms with E-state index >= 15 is 0 Å². The zero-order chi connectivity index (χ0) is 13.6. The van der Waals surface area contributed by atoms with Crippen LogP contribution in [0.15, 0.2) is 24.3 Å². The number of hydrogen-bond acceptors (Lipinski definition) is 3. The van der Waals surface area contributed by atoms with Gasteiger partial charge in [-0.05, 0) is 43.5 Å². The van der Waals surface area contributed by atoms with Crippen molar-refractivity contribution in [3.8, 4) is 6.07 Å². The number of nitriles is 1. The van der Waals surface area contributed by atoms with E-state index in [4.69, 9.17) is 11.0 Å². The van der Waals surface area contributed by atoms with Crippen LogP contribution in [0.4, 0.5) is 10.1 Å². The predicted octanol–water partition coefficient (Wildman–Crippen LogP) is 2.67. The lowest BCUT2D eigenvalue weighted by atomic mass is 9.93. The zero-order valence-electron chi connectivity index (χ0n) is 11.0. The van der Waals surface area contributed by atoms with Crippen molar-refractivity contribution < 1.29 is 4.39 Å². The molecular formula is C14H20FN3. The summed E-state index contributed by atoms with van der Waals surface area (Å²) in [6.07, 6.45) is 2.17. The lowest BCUT2D eigenvalue weighted by Crippen LogP contribution is -2.38. The van der Waals surface area contributed by atoms with Gasteiger partial charge in [-0.15, -0.1) is 0 Å². The van der Waals surface area contributed by atoms with Crippen molar-refractivity contribution in [2.45, 2.75) is 31.7 Å². The maximum absolute atomic E-state index is 12.8. The molecule has 0 bridgehead atoms. The number of hydrogen-bond donors (Lipinski definition) is 1. The minimum atomic E-state index is -0.719. The molecule has 0 aromatic heterocycles. The Hall–Kier alpha value is -1.60. The van der Waals surface area contributed by atoms with E-state index in [1.165, 1.54) is 12.1 Å². The molecule has 1 unspecified atom stereocenters. The Kier molecular flexibility index (Phi) is 5.11. The highest BCUT2D eigenvalue weighted by molar-refractivity contribution is 5.45. The van der Waals surface area contributed by atoms with Crippen molar-refractivity contribution in [2.24, 2.45) is 5.73 Å². The molecule has 4 heteroatoms. The first-order valence-electron chi connectivity index (χ1n) is 6.17. The van der Waals surface area contributed by atoms with Crippen LogP contribution in [0.5, 0.6) is 0 Å². The maximum atomic E-state index is 12.8. The molecule has 0 radical (unpaired) electrons. The van der Waals surface area contributed by atoms with Crippen molar-refractivity contribution in [1.29, 1.82) is 5.26 Å². The normalized spacial score (nSPS) is 13.7. The lowest BCUT2D eigenvalue weighted by Gasteiger charge is -2.23. The number of halogens is 1. The van der Waals surface area contributed by atoms with Gasteiger partial charge in [0.2, 0.25) is 0 Å². The third-order valence-electron chi connectivity index (χ3n) is 3.24. The molecule has 2 N–H and O–H groups in total. The predicted molar refractivity (Wildman–Crippen MR) is 71.7 cm³/mol. The quantitative estimate of drug-likeness (QED) is 0.843. The van der Waals surface area contributed by atoms with Crippen LogP contribution >= 0.6 is 0 Å². The Labute approximate surface area is 108 Å². The number of anilines is 1. The van der Waals surface area contributed by atoms with Gasteiger partial charge in [-0.3, -0.25) is 0 Å². The first kappa shape index (κ1) is 14.5. The minimum Gasteiger partial charge on any atom is -0.375 e. The molecule has 0 fully saturated rings. The molecule has 0 aliphatic carbocycles. The van der Waals surface area contributed by atoms with Gasteiger partial charge in [-0.2, -0.15) is 5.26 Å². The van der Waals surface area contributed by atoms with Crippen LogP contribution in [-0.2, 0) is 0 Å². The molecule has 0 aliphatic heterocycles. The molecule has 0 aliphatic rings. The Balaban J connectivity index is 2.45. The van der Waals surface area contributed by atoms with Gasteiger partial charge in [0.25, 0.3) is 0 Å². The largest absolute Gasteiger partial charge is 0.375 e. The van der Waals surface area contributed by atoms with E-state index in [9.17, 15) is 4.39 Å². The van der Waals surface area contributed by atoms with E-state index in [-0.39, 0.29) is 5.82 Å². The van der Waals surface area contributed by atoms with Crippen LogP contribution in [0.1, 0.15) is 26.2 Å². The average Bonchev–Trinajstić information content (AvgIpc) is 2.39. The number of nitrogens with two attached hydrogens (primary N) is 1. The topological polar surface area (TPSA) is 53.1 Å². The Morgan fingerprint density at radius 3 is 2.50 bits per heavy atom. The molecule has 1 atom stereocenters. The fourth-order valence-corrected chi connectivity index (χ4v) is 1.77. The third-order valence-corrected chi connectivity index (χ3v) is 3.24. The van der Waals surface area contributed by atoms with Crippen LogP contribution in [0.25, 0.3) is 0 Å². The van der Waals surface area contributed by atoms with Crippen LogP contribution in [-0.4, -0.2) is 19.1 Å². The molecular weight excluding hydrogens is 229 g/mol. The third kappa shape index (κ3) is 4.01. The molecule has 0 heterocycles. The van der Waals surface area contributed by atoms with Gasteiger partial charge in [0.05, 0.1) is 6.07 Å². The van der Waals surface area contributed by atoms with Crippen LogP contribution in [0.2, 0.25) is 0 Å².